The van der Waals surface area contributed by atoms with Crippen LogP contribution in [-0.2, 0) is 42.7 Å². The molecule has 324 valence electrons. The van der Waals surface area contributed by atoms with E-state index in [1.165, 1.54) is 53.4 Å². The van der Waals surface area contributed by atoms with E-state index in [-0.39, 0.29) is 69.9 Å². The number of carbonyl (C=O) groups excluding carboxylic acids is 3. The molecule has 0 unspecified atom stereocenters. The van der Waals surface area contributed by atoms with Gasteiger partial charge in [-0.05, 0) is 81.4 Å². The molecule has 2 aliphatic rings. The topological polar surface area (TPSA) is 190 Å². The molecule has 4 aromatic rings. The van der Waals surface area contributed by atoms with Crippen LogP contribution >= 0.6 is 35.4 Å². The Morgan fingerprint density at radius 1 is 0.742 bits per heavy atom. The van der Waals surface area contributed by atoms with Gasteiger partial charge in [0.25, 0.3) is 11.8 Å². The van der Waals surface area contributed by atoms with Crippen LogP contribution in [0.4, 0.5) is 21.9 Å². The van der Waals surface area contributed by atoms with E-state index in [9.17, 15) is 36.5 Å². The number of anilines is 2. The minimum Gasteiger partial charge on any atom is -0.333 e. The van der Waals surface area contributed by atoms with Gasteiger partial charge in [0, 0.05) is 31.2 Å². The van der Waals surface area contributed by atoms with Gasteiger partial charge in [0.2, 0.25) is 25.7 Å². The van der Waals surface area contributed by atoms with Crippen LogP contribution in [0, 0.1) is 17.9 Å². The number of sulfonamides is 2. The molecule has 2 N–H and O–H groups in total. The third kappa shape index (κ3) is 10.4. The number of amides is 4. The number of imide groups is 1. The number of nitriles is 1. The van der Waals surface area contributed by atoms with E-state index in [1.807, 2.05) is 66.7 Å². The number of primary sulfonamides is 1. The fraction of sp³-hybridized carbons (Fsp3) is 0.286. The molecule has 4 aromatic carbocycles. The molecule has 62 heavy (non-hydrogen) atoms. The van der Waals surface area contributed by atoms with Gasteiger partial charge in [-0.15, -0.1) is 0 Å². The van der Waals surface area contributed by atoms with Crippen molar-refractivity contribution in [3.8, 4) is 6.07 Å². The average Bonchev–Trinajstić information content (AvgIpc) is 3.49. The van der Waals surface area contributed by atoms with Crippen molar-refractivity contribution in [3.63, 3.8) is 0 Å². The minimum atomic E-state index is -3.78. The maximum atomic E-state index is 13.7. The van der Waals surface area contributed by atoms with Gasteiger partial charge < -0.3 is 9.80 Å². The summed E-state index contributed by atoms with van der Waals surface area (Å²) in [6, 6.07) is 29.0. The van der Waals surface area contributed by atoms with E-state index in [1.54, 1.807) is 24.8 Å². The molecular weight excluding hydrogens is 896 g/mol. The number of hydrogen-bond acceptors (Lipinski definition) is 9. The Labute approximate surface area is 376 Å². The number of nitrogens with two attached hydrogens (primary N) is 1. The first-order valence-corrected chi connectivity index (χ1v) is 23.3. The third-order valence-corrected chi connectivity index (χ3v) is 13.8. The van der Waals surface area contributed by atoms with Crippen LogP contribution in [0.1, 0.15) is 44.4 Å². The van der Waals surface area contributed by atoms with Crippen molar-refractivity contribution in [3.05, 3.63) is 135 Å². The molecule has 2 heterocycles. The second kappa shape index (κ2) is 18.9. The third-order valence-electron chi connectivity index (χ3n) is 10.3. The molecule has 0 bridgehead atoms. The molecule has 2 aliphatic heterocycles. The first-order valence-electron chi connectivity index (χ1n) is 18.8. The van der Waals surface area contributed by atoms with Gasteiger partial charge >= 0.3 is 6.03 Å². The zero-order chi connectivity index (χ0) is 45.8. The van der Waals surface area contributed by atoms with E-state index < -0.39 is 48.8 Å². The number of thiocarbonyl (C=S) groups is 1. The average molecular weight is 938 g/mol. The quantitative estimate of drug-likeness (QED) is 0.0860. The van der Waals surface area contributed by atoms with Gasteiger partial charge in [0.1, 0.15) is 17.1 Å². The van der Waals surface area contributed by atoms with Crippen LogP contribution in [0.2, 0.25) is 10.0 Å². The normalized spacial score (nSPS) is 16.0. The molecular formula is C42H42Cl2N8O7S3. The molecule has 0 aromatic heterocycles. The van der Waals surface area contributed by atoms with Crippen LogP contribution in [-0.4, -0.2) is 89.6 Å². The monoisotopic (exact) mass is 936 g/mol. The maximum Gasteiger partial charge on any atom is 0.332 e. The Balaban J connectivity index is 0.000000260. The van der Waals surface area contributed by atoms with E-state index in [2.05, 4.69) is 4.85 Å². The highest BCUT2D eigenvalue weighted by atomic mass is 35.5. The van der Waals surface area contributed by atoms with Gasteiger partial charge in [-0.25, -0.2) is 36.5 Å². The molecule has 0 atom stereocenters. The van der Waals surface area contributed by atoms with Gasteiger partial charge in [-0.2, -0.15) is 9.57 Å². The lowest BCUT2D eigenvalue weighted by molar-refractivity contribution is -0.124. The predicted molar refractivity (Wildman–Crippen MR) is 242 cm³/mol. The van der Waals surface area contributed by atoms with E-state index >= 15 is 0 Å². The van der Waals surface area contributed by atoms with Crippen molar-refractivity contribution >= 4 is 95.5 Å². The number of rotatable bonds is 13. The number of benzene rings is 4. The summed E-state index contributed by atoms with van der Waals surface area (Å²) in [6.07, 6.45) is 0. The maximum absolute atomic E-state index is 13.7. The summed E-state index contributed by atoms with van der Waals surface area (Å²) in [6.45, 7) is 13.7. The Morgan fingerprint density at radius 3 is 1.73 bits per heavy atom. The highest BCUT2D eigenvalue weighted by molar-refractivity contribution is 7.89. The largest absolute Gasteiger partial charge is 0.333 e. The Bertz CT molecular complexity index is 2670. The SMILES string of the molecule is CC1(C)C(=O)N(c2ccc(C#N)c(Cl)c2)C(=S)N1CCS(=O)(=O)N(Cc1ccccc1)Cc1ccccc1.[C-]#[N+]c1ccc(N2C(=O)N(CCS(N)(=O)=O)C(C)(C)C2=O)cc1Cl. The van der Waals surface area contributed by atoms with E-state index in [4.69, 9.17) is 47.1 Å². The van der Waals surface area contributed by atoms with Crippen molar-refractivity contribution in [2.75, 3.05) is 34.4 Å². The second-order valence-electron chi connectivity index (χ2n) is 15.2. The van der Waals surface area contributed by atoms with Crippen LogP contribution in [0.5, 0.6) is 0 Å². The summed E-state index contributed by atoms with van der Waals surface area (Å²) in [5.41, 5.74) is 0.581. The molecule has 2 saturated heterocycles. The number of hydrogen-bond donors (Lipinski definition) is 1. The van der Waals surface area contributed by atoms with E-state index in [0.29, 0.717) is 5.69 Å². The molecule has 0 radical (unpaired) electrons. The molecule has 2 fully saturated rings. The zero-order valence-electron chi connectivity index (χ0n) is 34.0. The smallest absolute Gasteiger partial charge is 0.332 e. The van der Waals surface area contributed by atoms with Crippen LogP contribution in [0.15, 0.2) is 97.1 Å². The summed E-state index contributed by atoms with van der Waals surface area (Å²) < 4.78 is 51.1. The highest BCUT2D eigenvalue weighted by Crippen LogP contribution is 2.37. The summed E-state index contributed by atoms with van der Waals surface area (Å²) in [4.78, 5) is 46.9. The minimum absolute atomic E-state index is 0.0283. The molecule has 0 spiro atoms. The van der Waals surface area contributed by atoms with Crippen molar-refractivity contribution in [2.24, 2.45) is 5.14 Å². The molecule has 20 heteroatoms. The summed E-state index contributed by atoms with van der Waals surface area (Å²) in [5.74, 6) is -1.51. The van der Waals surface area contributed by atoms with Gasteiger partial charge in [-0.1, -0.05) is 89.9 Å². The fourth-order valence-electron chi connectivity index (χ4n) is 6.72. The number of carbonyl (C=O) groups is 3. The van der Waals surface area contributed by atoms with Crippen LogP contribution in [0.3, 0.4) is 0 Å². The van der Waals surface area contributed by atoms with Crippen LogP contribution in [0.25, 0.3) is 4.85 Å². The number of urea groups is 1. The fourth-order valence-corrected chi connectivity index (χ4v) is 9.46. The summed E-state index contributed by atoms with van der Waals surface area (Å²) >= 11 is 17.8. The lowest BCUT2D eigenvalue weighted by atomic mass is 10.0. The predicted octanol–water partition coefficient (Wildman–Crippen LogP) is 6.68. The first-order chi connectivity index (χ1) is 29.0. The van der Waals surface area contributed by atoms with Crippen LogP contribution < -0.4 is 14.9 Å². The Morgan fingerprint density at radius 2 is 1.23 bits per heavy atom. The summed E-state index contributed by atoms with van der Waals surface area (Å²) in [7, 11) is -7.53. The second-order valence-corrected chi connectivity index (χ2v) is 20.2. The highest BCUT2D eigenvalue weighted by Gasteiger charge is 2.52. The molecule has 15 nitrogen and oxygen atoms in total. The van der Waals surface area contributed by atoms with Crippen molar-refractivity contribution < 1.29 is 31.2 Å². The molecule has 4 amide bonds. The Hall–Kier alpha value is -5.44. The standard InChI is InChI=1S/C28H27ClN4O3S2.C14H15ClN4O4S/c1-28(2)26(34)33(24-14-13-23(18-30)25(29)17-24)27(37)32(28)15-16-38(35,36)31(19-21-9-5-3-6-10-21)20-22-11-7-4-8-12-22;1-14(2)12(20)19(9-4-5-11(17-3)10(15)8-9)13(21)18(14)6-7-24(16,22)23/h3-14,17H,15-16,19-20H2,1-2H3;4-5,8H,6-7H2,1-2H3,(H2,16,22,23). The molecule has 6 rings (SSSR count). The molecule has 0 saturated carbocycles. The van der Waals surface area contributed by atoms with E-state index in [0.717, 1.165) is 20.9 Å². The van der Waals surface area contributed by atoms with Gasteiger partial charge in [0.15, 0.2) is 5.11 Å². The molecule has 0 aliphatic carbocycles. The van der Waals surface area contributed by atoms with Crippen molar-refractivity contribution in [2.45, 2.75) is 51.9 Å². The lowest BCUT2D eigenvalue weighted by Crippen LogP contribution is -2.47. The Kier molecular flexibility index (Phi) is 14.5. The first kappa shape index (κ1) is 47.6. The van der Waals surface area contributed by atoms with Gasteiger partial charge in [-0.3, -0.25) is 14.5 Å². The number of halogens is 2. The van der Waals surface area contributed by atoms with Crippen molar-refractivity contribution in [1.29, 1.82) is 5.26 Å². The van der Waals surface area contributed by atoms with Crippen molar-refractivity contribution in [1.82, 2.24) is 14.1 Å². The zero-order valence-corrected chi connectivity index (χ0v) is 38.0. The van der Waals surface area contributed by atoms with Gasteiger partial charge in [0.05, 0.1) is 40.0 Å². The number of nitrogens with zero attached hydrogens (tertiary/aromatic N) is 7. The lowest BCUT2D eigenvalue weighted by Gasteiger charge is -2.30. The summed E-state index contributed by atoms with van der Waals surface area (Å²) in [5, 5.41) is 14.6.